The molecule has 176 valence electrons. The first-order chi connectivity index (χ1) is 15.4. The normalized spacial score (nSPS) is 11.8. The lowest BCUT2D eigenvalue weighted by atomic mass is 9.95. The van der Waals surface area contributed by atoms with Crippen molar-refractivity contribution in [2.45, 2.75) is 38.2 Å². The SMILES string of the molecule is Cc1cc2oc(=O)cc(COC(=O)CNS(=O)(=O)c3c(F)cc(F)cc3Br)c2cc1C(C)C. The number of nitrogens with one attached hydrogen (secondary N) is 1. The molecule has 3 aromatic rings. The minimum atomic E-state index is -4.48. The smallest absolute Gasteiger partial charge is 0.336 e. The van der Waals surface area contributed by atoms with E-state index in [9.17, 15) is 26.8 Å². The minimum Gasteiger partial charge on any atom is -0.460 e. The molecule has 0 fully saturated rings. The Morgan fingerprint density at radius 2 is 1.88 bits per heavy atom. The minimum absolute atomic E-state index is 0.206. The van der Waals surface area contributed by atoms with Gasteiger partial charge in [0.1, 0.15) is 35.3 Å². The maximum absolute atomic E-state index is 14.0. The van der Waals surface area contributed by atoms with E-state index >= 15 is 0 Å². The van der Waals surface area contributed by atoms with Gasteiger partial charge in [-0.05, 0) is 58.1 Å². The predicted molar refractivity (Wildman–Crippen MR) is 120 cm³/mol. The van der Waals surface area contributed by atoms with Gasteiger partial charge in [0.25, 0.3) is 0 Å². The van der Waals surface area contributed by atoms with E-state index < -0.39 is 44.7 Å². The van der Waals surface area contributed by atoms with E-state index in [1.807, 2.05) is 31.6 Å². The Bertz CT molecular complexity index is 1380. The Labute approximate surface area is 196 Å². The molecular weight excluding hydrogens is 524 g/mol. The second-order valence-electron chi connectivity index (χ2n) is 7.63. The zero-order chi connectivity index (χ0) is 24.5. The summed E-state index contributed by atoms with van der Waals surface area (Å²) in [7, 11) is -4.48. The number of fused-ring (bicyclic) bond motifs is 1. The Kier molecular flexibility index (Phi) is 7.35. The van der Waals surface area contributed by atoms with Crippen LogP contribution < -0.4 is 10.3 Å². The van der Waals surface area contributed by atoms with Gasteiger partial charge >= 0.3 is 11.6 Å². The summed E-state index contributed by atoms with van der Waals surface area (Å²) in [4.78, 5) is 23.2. The molecule has 0 aliphatic carbocycles. The summed E-state index contributed by atoms with van der Waals surface area (Å²) >= 11 is 2.80. The molecule has 0 saturated heterocycles. The topological polar surface area (TPSA) is 103 Å². The van der Waals surface area contributed by atoms with Crippen LogP contribution in [0.25, 0.3) is 11.0 Å². The van der Waals surface area contributed by atoms with E-state index in [0.29, 0.717) is 22.6 Å². The Balaban J connectivity index is 1.76. The number of carbonyl (C=O) groups is 1. The van der Waals surface area contributed by atoms with Crippen molar-refractivity contribution in [1.29, 1.82) is 0 Å². The molecule has 0 radical (unpaired) electrons. The van der Waals surface area contributed by atoms with Gasteiger partial charge in [-0.15, -0.1) is 0 Å². The summed E-state index contributed by atoms with van der Waals surface area (Å²) in [6, 6.07) is 6.00. The van der Waals surface area contributed by atoms with Crippen LogP contribution in [0, 0.1) is 18.6 Å². The molecule has 0 unspecified atom stereocenters. The van der Waals surface area contributed by atoms with Crippen LogP contribution >= 0.6 is 15.9 Å². The van der Waals surface area contributed by atoms with E-state index in [1.54, 1.807) is 6.07 Å². The molecule has 0 atom stereocenters. The first-order valence-corrected chi connectivity index (χ1v) is 12.0. The summed E-state index contributed by atoms with van der Waals surface area (Å²) in [6.07, 6.45) is 0. The number of esters is 1. The fourth-order valence-electron chi connectivity index (χ4n) is 3.35. The fourth-order valence-corrected chi connectivity index (χ4v) is 5.48. The number of aryl methyl sites for hydroxylation is 1. The Morgan fingerprint density at radius 1 is 1.18 bits per heavy atom. The van der Waals surface area contributed by atoms with E-state index in [0.717, 1.165) is 17.2 Å². The van der Waals surface area contributed by atoms with Crippen LogP contribution in [0.4, 0.5) is 8.78 Å². The van der Waals surface area contributed by atoms with Crippen LogP contribution in [0.3, 0.4) is 0 Å². The zero-order valence-corrected chi connectivity index (χ0v) is 20.3. The number of benzene rings is 2. The summed E-state index contributed by atoms with van der Waals surface area (Å²) in [5.74, 6) is -3.04. The lowest BCUT2D eigenvalue weighted by Gasteiger charge is -2.13. The maximum atomic E-state index is 14.0. The van der Waals surface area contributed by atoms with Gasteiger partial charge in [-0.25, -0.2) is 22.0 Å². The first-order valence-electron chi connectivity index (χ1n) is 9.76. The first kappa shape index (κ1) is 25.0. The molecule has 0 spiro atoms. The molecule has 7 nitrogen and oxygen atoms in total. The van der Waals surface area contributed by atoms with Crippen LogP contribution in [0.15, 0.2) is 48.9 Å². The molecule has 1 N–H and O–H groups in total. The molecule has 0 saturated carbocycles. The van der Waals surface area contributed by atoms with Crippen molar-refractivity contribution in [3.8, 4) is 0 Å². The molecule has 3 rings (SSSR count). The molecule has 33 heavy (non-hydrogen) atoms. The highest BCUT2D eigenvalue weighted by Crippen LogP contribution is 2.28. The highest BCUT2D eigenvalue weighted by molar-refractivity contribution is 9.10. The van der Waals surface area contributed by atoms with Crippen molar-refractivity contribution in [2.75, 3.05) is 6.54 Å². The van der Waals surface area contributed by atoms with Crippen LogP contribution in [0.2, 0.25) is 0 Å². The molecule has 11 heteroatoms. The highest BCUT2D eigenvalue weighted by atomic mass is 79.9. The Morgan fingerprint density at radius 3 is 2.52 bits per heavy atom. The highest BCUT2D eigenvalue weighted by Gasteiger charge is 2.24. The van der Waals surface area contributed by atoms with E-state index in [4.69, 9.17) is 9.15 Å². The van der Waals surface area contributed by atoms with Crippen molar-refractivity contribution < 1.29 is 31.1 Å². The lowest BCUT2D eigenvalue weighted by Crippen LogP contribution is -2.31. The van der Waals surface area contributed by atoms with Crippen LogP contribution in [-0.4, -0.2) is 20.9 Å². The van der Waals surface area contributed by atoms with Gasteiger partial charge in [0.05, 0.1) is 0 Å². The zero-order valence-electron chi connectivity index (χ0n) is 17.9. The number of hydrogen-bond donors (Lipinski definition) is 1. The molecule has 1 aromatic heterocycles. The van der Waals surface area contributed by atoms with Gasteiger partial charge in [-0.1, -0.05) is 13.8 Å². The number of halogens is 3. The monoisotopic (exact) mass is 543 g/mol. The number of sulfonamides is 1. The van der Waals surface area contributed by atoms with Gasteiger partial charge < -0.3 is 9.15 Å². The summed E-state index contributed by atoms with van der Waals surface area (Å²) < 4.78 is 63.8. The molecular formula is C22H20BrF2NO6S. The fraction of sp³-hybridized carbons (Fsp3) is 0.273. The van der Waals surface area contributed by atoms with Gasteiger partial charge in [0.15, 0.2) is 0 Å². The molecule has 0 aliphatic heterocycles. The average Bonchev–Trinajstić information content (AvgIpc) is 2.68. The van der Waals surface area contributed by atoms with E-state index in [-0.39, 0.29) is 17.0 Å². The second-order valence-corrected chi connectivity index (χ2v) is 10.2. The van der Waals surface area contributed by atoms with Crippen molar-refractivity contribution in [1.82, 2.24) is 4.72 Å². The standard InChI is InChI=1S/C22H20BrF2NO6S/c1-11(2)15-8-16-13(5-20(27)32-19(16)4-12(15)3)10-31-21(28)9-26-33(29,30)22-17(23)6-14(24)7-18(22)25/h4-8,11,26H,9-10H2,1-3H3. The third kappa shape index (κ3) is 5.66. The van der Waals surface area contributed by atoms with Crippen molar-refractivity contribution >= 4 is 42.9 Å². The van der Waals surface area contributed by atoms with E-state index in [1.165, 1.54) is 6.07 Å². The number of ether oxygens (including phenoxy) is 1. The number of hydrogen-bond acceptors (Lipinski definition) is 6. The number of carbonyl (C=O) groups excluding carboxylic acids is 1. The Hall–Kier alpha value is -2.63. The van der Waals surface area contributed by atoms with E-state index in [2.05, 4.69) is 15.9 Å². The van der Waals surface area contributed by atoms with Crippen molar-refractivity contribution in [3.63, 3.8) is 0 Å². The maximum Gasteiger partial charge on any atom is 0.336 e. The van der Waals surface area contributed by atoms with Crippen LogP contribution in [0.1, 0.15) is 36.5 Å². The predicted octanol–water partition coefficient (Wildman–Crippen LogP) is 4.29. The average molecular weight is 544 g/mol. The van der Waals surface area contributed by atoms with Gasteiger partial charge in [0, 0.05) is 27.6 Å². The lowest BCUT2D eigenvalue weighted by molar-refractivity contribution is -0.143. The van der Waals surface area contributed by atoms with Crippen molar-refractivity contribution in [3.05, 3.63) is 73.5 Å². The molecule has 0 aliphatic rings. The second kappa shape index (κ2) is 9.70. The van der Waals surface area contributed by atoms with Crippen LogP contribution in [0.5, 0.6) is 0 Å². The van der Waals surface area contributed by atoms with Crippen LogP contribution in [-0.2, 0) is 26.2 Å². The third-order valence-electron chi connectivity index (χ3n) is 4.87. The molecule has 2 aromatic carbocycles. The van der Waals surface area contributed by atoms with Gasteiger partial charge in [-0.3, -0.25) is 4.79 Å². The molecule has 0 bridgehead atoms. The quantitative estimate of drug-likeness (QED) is 0.352. The largest absolute Gasteiger partial charge is 0.460 e. The van der Waals surface area contributed by atoms with Crippen molar-refractivity contribution in [2.24, 2.45) is 0 Å². The summed E-state index contributed by atoms with van der Waals surface area (Å²) in [5.41, 5.74) is 2.09. The third-order valence-corrected chi connectivity index (χ3v) is 7.23. The molecule has 1 heterocycles. The number of rotatable bonds is 7. The molecule has 0 amide bonds. The summed E-state index contributed by atoms with van der Waals surface area (Å²) in [5, 5.41) is 0.592. The van der Waals surface area contributed by atoms with Gasteiger partial charge in [-0.2, -0.15) is 4.72 Å². The van der Waals surface area contributed by atoms with Gasteiger partial charge in [0.2, 0.25) is 10.0 Å². The summed E-state index contributed by atoms with van der Waals surface area (Å²) in [6.45, 7) is 4.82.